The Morgan fingerprint density at radius 3 is 2.29 bits per heavy atom. The zero-order valence-corrected chi connectivity index (χ0v) is 8.69. The van der Waals surface area contributed by atoms with Crippen LogP contribution in [0.4, 0.5) is 0 Å². The second kappa shape index (κ2) is 3.98. The maximum absolute atomic E-state index is 11.0. The molecule has 0 saturated heterocycles. The lowest BCUT2D eigenvalue weighted by atomic mass is 10.1. The fourth-order valence-corrected chi connectivity index (χ4v) is 1.69. The van der Waals surface area contributed by atoms with Crippen LogP contribution in [0.3, 0.4) is 0 Å². The minimum Gasteiger partial charge on any atom is -0.478 e. The highest BCUT2D eigenvalue weighted by Gasteiger charge is 2.18. The van der Waals surface area contributed by atoms with Crippen LogP contribution in [-0.4, -0.2) is 16.9 Å². The Bertz CT molecular complexity index is 413. The summed E-state index contributed by atoms with van der Waals surface area (Å²) in [6, 6.07) is 2.74. The lowest BCUT2D eigenvalue weighted by Crippen LogP contribution is -2.03. The molecule has 0 aliphatic rings. The van der Waals surface area contributed by atoms with Crippen molar-refractivity contribution in [3.05, 3.63) is 33.3 Å². The second-order valence-corrected chi connectivity index (χ2v) is 3.43. The SMILES string of the molecule is CC(=O)c1ccc(Cl)c(C(=O)O)c1Cl. The first-order valence-corrected chi connectivity index (χ1v) is 4.43. The first kappa shape index (κ1) is 11.0. The van der Waals surface area contributed by atoms with Gasteiger partial charge in [-0.1, -0.05) is 23.2 Å². The van der Waals surface area contributed by atoms with Gasteiger partial charge in [-0.2, -0.15) is 0 Å². The van der Waals surface area contributed by atoms with Crippen LogP contribution in [0.5, 0.6) is 0 Å². The fourth-order valence-electron chi connectivity index (χ4n) is 1.02. The van der Waals surface area contributed by atoms with Crippen molar-refractivity contribution in [3.63, 3.8) is 0 Å². The molecule has 1 aromatic carbocycles. The number of Topliss-reactive ketones (excluding diaryl/α,β-unsaturated/α-hetero) is 1. The van der Waals surface area contributed by atoms with Gasteiger partial charge in [0.25, 0.3) is 0 Å². The molecule has 0 amide bonds. The van der Waals surface area contributed by atoms with E-state index < -0.39 is 5.97 Å². The van der Waals surface area contributed by atoms with Crippen molar-refractivity contribution >= 4 is 35.0 Å². The number of carbonyl (C=O) groups is 2. The largest absolute Gasteiger partial charge is 0.478 e. The van der Waals surface area contributed by atoms with E-state index in [-0.39, 0.29) is 27.0 Å². The fraction of sp³-hybridized carbons (Fsp3) is 0.111. The van der Waals surface area contributed by atoms with Crippen LogP contribution >= 0.6 is 23.2 Å². The van der Waals surface area contributed by atoms with Crippen LogP contribution in [0.1, 0.15) is 27.6 Å². The van der Waals surface area contributed by atoms with Gasteiger partial charge in [0.05, 0.1) is 15.6 Å². The molecular formula is C9H6Cl2O3. The number of benzene rings is 1. The van der Waals surface area contributed by atoms with Gasteiger partial charge in [0.15, 0.2) is 5.78 Å². The zero-order chi connectivity index (χ0) is 10.9. The summed E-state index contributed by atoms with van der Waals surface area (Å²) in [4.78, 5) is 21.8. The van der Waals surface area contributed by atoms with Gasteiger partial charge in [-0.3, -0.25) is 4.79 Å². The molecule has 3 nitrogen and oxygen atoms in total. The van der Waals surface area contributed by atoms with E-state index in [0.29, 0.717) is 0 Å². The average Bonchev–Trinajstić information content (AvgIpc) is 2.02. The number of carbonyl (C=O) groups excluding carboxylic acids is 1. The molecule has 1 rings (SSSR count). The van der Waals surface area contributed by atoms with Crippen LogP contribution < -0.4 is 0 Å². The van der Waals surface area contributed by atoms with E-state index in [1.165, 1.54) is 19.1 Å². The minimum atomic E-state index is -1.25. The predicted molar refractivity (Wildman–Crippen MR) is 53.4 cm³/mol. The highest BCUT2D eigenvalue weighted by molar-refractivity contribution is 6.41. The van der Waals surface area contributed by atoms with Gasteiger partial charge in [0.1, 0.15) is 0 Å². The third-order valence-electron chi connectivity index (χ3n) is 1.68. The number of hydrogen-bond acceptors (Lipinski definition) is 2. The van der Waals surface area contributed by atoms with Gasteiger partial charge >= 0.3 is 5.97 Å². The van der Waals surface area contributed by atoms with Crippen LogP contribution in [-0.2, 0) is 0 Å². The Balaban J connectivity index is 3.49. The monoisotopic (exact) mass is 232 g/mol. The molecule has 1 aromatic rings. The van der Waals surface area contributed by atoms with E-state index in [2.05, 4.69) is 0 Å². The molecular weight excluding hydrogens is 227 g/mol. The van der Waals surface area contributed by atoms with Crippen molar-refractivity contribution in [2.45, 2.75) is 6.92 Å². The summed E-state index contributed by atoms with van der Waals surface area (Å²) in [5.41, 5.74) is -0.0745. The van der Waals surface area contributed by atoms with Crippen molar-refractivity contribution < 1.29 is 14.7 Å². The molecule has 0 heterocycles. The molecule has 0 aliphatic heterocycles. The summed E-state index contributed by atoms with van der Waals surface area (Å²) >= 11 is 11.3. The minimum absolute atomic E-state index is 0.0208. The molecule has 5 heteroatoms. The quantitative estimate of drug-likeness (QED) is 0.799. The highest BCUT2D eigenvalue weighted by atomic mass is 35.5. The van der Waals surface area contributed by atoms with Crippen LogP contribution in [0.2, 0.25) is 10.0 Å². The first-order valence-electron chi connectivity index (χ1n) is 3.67. The van der Waals surface area contributed by atoms with Crippen LogP contribution in [0.15, 0.2) is 12.1 Å². The Kier molecular flexibility index (Phi) is 3.13. The van der Waals surface area contributed by atoms with Gasteiger partial charge in [0, 0.05) is 5.56 Å². The van der Waals surface area contributed by atoms with E-state index in [4.69, 9.17) is 28.3 Å². The lowest BCUT2D eigenvalue weighted by Gasteiger charge is -2.05. The van der Waals surface area contributed by atoms with Crippen molar-refractivity contribution in [2.75, 3.05) is 0 Å². The van der Waals surface area contributed by atoms with E-state index in [0.717, 1.165) is 0 Å². The van der Waals surface area contributed by atoms with E-state index in [1.807, 2.05) is 0 Å². The zero-order valence-electron chi connectivity index (χ0n) is 7.17. The number of carboxylic acid groups (broad SMARTS) is 1. The average molecular weight is 233 g/mol. The van der Waals surface area contributed by atoms with Crippen LogP contribution in [0.25, 0.3) is 0 Å². The maximum atomic E-state index is 11.0. The summed E-state index contributed by atoms with van der Waals surface area (Å²) < 4.78 is 0. The summed E-state index contributed by atoms with van der Waals surface area (Å²) in [5, 5.41) is 8.68. The number of ketones is 1. The Labute approximate surface area is 90.3 Å². The third-order valence-corrected chi connectivity index (χ3v) is 2.39. The maximum Gasteiger partial charge on any atom is 0.338 e. The van der Waals surface area contributed by atoms with E-state index in [1.54, 1.807) is 0 Å². The Hall–Kier alpha value is -1.06. The topological polar surface area (TPSA) is 54.4 Å². The smallest absolute Gasteiger partial charge is 0.338 e. The molecule has 0 aliphatic carbocycles. The molecule has 0 spiro atoms. The van der Waals surface area contributed by atoms with Crippen molar-refractivity contribution in [1.29, 1.82) is 0 Å². The molecule has 14 heavy (non-hydrogen) atoms. The predicted octanol–water partition coefficient (Wildman–Crippen LogP) is 2.89. The van der Waals surface area contributed by atoms with Gasteiger partial charge < -0.3 is 5.11 Å². The van der Waals surface area contributed by atoms with Gasteiger partial charge in [-0.05, 0) is 19.1 Å². The molecule has 0 aromatic heterocycles. The van der Waals surface area contributed by atoms with Crippen molar-refractivity contribution in [3.8, 4) is 0 Å². The van der Waals surface area contributed by atoms with Crippen molar-refractivity contribution in [1.82, 2.24) is 0 Å². The summed E-state index contributed by atoms with van der Waals surface area (Å²) in [7, 11) is 0. The second-order valence-electron chi connectivity index (χ2n) is 2.65. The summed E-state index contributed by atoms with van der Waals surface area (Å²) in [6.45, 7) is 1.31. The number of aromatic carboxylic acids is 1. The Morgan fingerprint density at radius 1 is 1.29 bits per heavy atom. The first-order chi connectivity index (χ1) is 6.45. The standard InChI is InChI=1S/C9H6Cl2O3/c1-4(12)5-2-3-6(10)7(8(5)11)9(13)14/h2-3H,1H3,(H,13,14). The molecule has 0 saturated carbocycles. The van der Waals surface area contributed by atoms with E-state index >= 15 is 0 Å². The van der Waals surface area contributed by atoms with E-state index in [9.17, 15) is 9.59 Å². The molecule has 0 fully saturated rings. The molecule has 0 unspecified atom stereocenters. The van der Waals surface area contributed by atoms with Gasteiger partial charge in [0.2, 0.25) is 0 Å². The normalized spacial score (nSPS) is 9.93. The number of carboxylic acids is 1. The summed E-state index contributed by atoms with van der Waals surface area (Å²) in [5.74, 6) is -1.54. The number of halogens is 2. The Morgan fingerprint density at radius 2 is 1.86 bits per heavy atom. The highest BCUT2D eigenvalue weighted by Crippen LogP contribution is 2.28. The summed E-state index contributed by atoms with van der Waals surface area (Å²) in [6.07, 6.45) is 0. The molecule has 0 radical (unpaired) electrons. The molecule has 1 N–H and O–H groups in total. The van der Waals surface area contributed by atoms with Crippen LogP contribution in [0, 0.1) is 0 Å². The van der Waals surface area contributed by atoms with Gasteiger partial charge in [-0.25, -0.2) is 4.79 Å². The number of hydrogen-bond donors (Lipinski definition) is 1. The molecule has 74 valence electrons. The molecule has 0 bridgehead atoms. The lowest BCUT2D eigenvalue weighted by molar-refractivity contribution is 0.0697. The van der Waals surface area contributed by atoms with Gasteiger partial charge in [-0.15, -0.1) is 0 Å². The number of rotatable bonds is 2. The van der Waals surface area contributed by atoms with Crippen molar-refractivity contribution in [2.24, 2.45) is 0 Å². The third kappa shape index (κ3) is 1.89. The molecule has 0 atom stereocenters.